The average molecular weight is 166 g/mol. The molecule has 0 aliphatic carbocycles. The Bertz CT molecular complexity index is 302. The molecule has 0 spiro atoms. The summed E-state index contributed by atoms with van der Waals surface area (Å²) in [4.78, 5) is 10.1. The van der Waals surface area contributed by atoms with E-state index in [-0.39, 0.29) is 0 Å². The molecule has 12 heavy (non-hydrogen) atoms. The summed E-state index contributed by atoms with van der Waals surface area (Å²) in [5.74, 6) is -0.932. The summed E-state index contributed by atoms with van der Waals surface area (Å²) in [5.41, 5.74) is 1.07. The third-order valence-corrected chi connectivity index (χ3v) is 1.32. The number of aryl methyl sites for hydroxylation is 1. The van der Waals surface area contributed by atoms with Crippen molar-refractivity contribution < 1.29 is 9.90 Å². The fourth-order valence-electron chi connectivity index (χ4n) is 0.828. The molecule has 1 N–H and O–H groups in total. The van der Waals surface area contributed by atoms with E-state index in [0.717, 1.165) is 11.6 Å². The summed E-state index contributed by atoms with van der Waals surface area (Å²) in [6.45, 7) is 2.44. The second-order valence-electron chi connectivity index (χ2n) is 2.48. The molecule has 0 aliphatic heterocycles. The first-order valence-corrected chi connectivity index (χ1v) is 3.57. The van der Waals surface area contributed by atoms with Crippen LogP contribution in [-0.2, 0) is 11.3 Å². The van der Waals surface area contributed by atoms with Crippen LogP contribution in [0.2, 0.25) is 0 Å². The molecule has 0 saturated heterocycles. The second-order valence-corrected chi connectivity index (χ2v) is 2.48. The zero-order valence-electron chi connectivity index (χ0n) is 6.77. The zero-order chi connectivity index (χ0) is 8.97. The molecular formula is C8H10N2O2. The lowest BCUT2D eigenvalue weighted by atomic mass is 10.4. The predicted molar refractivity (Wildman–Crippen MR) is 43.7 cm³/mol. The molecule has 1 heterocycles. The second kappa shape index (κ2) is 3.71. The fraction of sp³-hybridized carbons (Fsp3) is 0.250. The van der Waals surface area contributed by atoms with E-state index >= 15 is 0 Å². The molecule has 1 aromatic heterocycles. The number of hydrogen-bond acceptors (Lipinski definition) is 2. The monoisotopic (exact) mass is 166 g/mol. The van der Waals surface area contributed by atoms with E-state index in [9.17, 15) is 4.79 Å². The van der Waals surface area contributed by atoms with Crippen LogP contribution in [0, 0.1) is 6.92 Å². The van der Waals surface area contributed by atoms with Gasteiger partial charge in [-0.1, -0.05) is 6.08 Å². The lowest BCUT2D eigenvalue weighted by Gasteiger charge is -1.91. The maximum atomic E-state index is 10.1. The van der Waals surface area contributed by atoms with Crippen molar-refractivity contribution in [2.45, 2.75) is 13.5 Å². The quantitative estimate of drug-likeness (QED) is 0.677. The van der Waals surface area contributed by atoms with Gasteiger partial charge in [-0.3, -0.25) is 4.68 Å². The van der Waals surface area contributed by atoms with Crippen LogP contribution in [0.3, 0.4) is 0 Å². The molecule has 0 atom stereocenters. The van der Waals surface area contributed by atoms with Crippen molar-refractivity contribution in [1.82, 2.24) is 9.78 Å². The van der Waals surface area contributed by atoms with Crippen molar-refractivity contribution in [1.29, 1.82) is 0 Å². The Morgan fingerprint density at radius 3 is 3.08 bits per heavy atom. The Morgan fingerprint density at radius 2 is 2.58 bits per heavy atom. The van der Waals surface area contributed by atoms with Gasteiger partial charge in [-0.15, -0.1) is 0 Å². The summed E-state index contributed by atoms with van der Waals surface area (Å²) in [6, 6.07) is 0. The number of carboxylic acids is 1. The molecule has 0 saturated carbocycles. The van der Waals surface area contributed by atoms with Gasteiger partial charge in [-0.25, -0.2) is 4.79 Å². The largest absolute Gasteiger partial charge is 0.478 e. The predicted octanol–water partition coefficient (Wildman–Crippen LogP) is 0.832. The van der Waals surface area contributed by atoms with E-state index in [0.29, 0.717) is 6.54 Å². The normalized spacial score (nSPS) is 10.8. The number of rotatable bonds is 3. The highest BCUT2D eigenvalue weighted by atomic mass is 16.4. The summed E-state index contributed by atoms with van der Waals surface area (Å²) in [5, 5.41) is 12.3. The Labute approximate surface area is 70.1 Å². The van der Waals surface area contributed by atoms with E-state index in [4.69, 9.17) is 5.11 Å². The maximum Gasteiger partial charge on any atom is 0.328 e. The van der Waals surface area contributed by atoms with Crippen LogP contribution in [0.15, 0.2) is 24.5 Å². The molecular weight excluding hydrogens is 156 g/mol. The molecule has 0 aromatic carbocycles. The number of aromatic nitrogens is 2. The Balaban J connectivity index is 2.48. The van der Waals surface area contributed by atoms with E-state index in [1.807, 2.05) is 13.1 Å². The van der Waals surface area contributed by atoms with Gasteiger partial charge in [-0.05, 0) is 12.5 Å². The summed E-state index contributed by atoms with van der Waals surface area (Å²) in [7, 11) is 0. The lowest BCUT2D eigenvalue weighted by Crippen LogP contribution is -1.96. The van der Waals surface area contributed by atoms with Crippen molar-refractivity contribution >= 4 is 5.97 Å². The van der Waals surface area contributed by atoms with Gasteiger partial charge in [0.25, 0.3) is 0 Å². The van der Waals surface area contributed by atoms with Crippen LogP contribution in [0.25, 0.3) is 0 Å². The number of nitrogens with zero attached hydrogens (tertiary/aromatic N) is 2. The van der Waals surface area contributed by atoms with Crippen molar-refractivity contribution in [3.63, 3.8) is 0 Å². The molecule has 0 bridgehead atoms. The minimum atomic E-state index is -0.932. The topological polar surface area (TPSA) is 55.1 Å². The van der Waals surface area contributed by atoms with Crippen LogP contribution >= 0.6 is 0 Å². The Morgan fingerprint density at radius 1 is 1.83 bits per heavy atom. The third-order valence-electron chi connectivity index (χ3n) is 1.32. The minimum Gasteiger partial charge on any atom is -0.478 e. The molecule has 1 rings (SSSR count). The maximum absolute atomic E-state index is 10.1. The minimum absolute atomic E-state index is 0.500. The molecule has 0 amide bonds. The number of hydrogen-bond donors (Lipinski definition) is 1. The summed E-state index contributed by atoms with van der Waals surface area (Å²) in [6.07, 6.45) is 6.24. The van der Waals surface area contributed by atoms with Crippen molar-refractivity contribution in [3.05, 3.63) is 30.1 Å². The highest BCUT2D eigenvalue weighted by Crippen LogP contribution is 1.93. The number of carbonyl (C=O) groups is 1. The SMILES string of the molecule is Cc1cnn(C/C=C/C(=O)O)c1. The molecule has 0 fully saturated rings. The first-order valence-electron chi connectivity index (χ1n) is 3.57. The van der Waals surface area contributed by atoms with Crippen LogP contribution in [0.1, 0.15) is 5.56 Å². The van der Waals surface area contributed by atoms with Gasteiger partial charge in [-0.2, -0.15) is 5.10 Å². The van der Waals surface area contributed by atoms with E-state index < -0.39 is 5.97 Å². The Kier molecular flexibility index (Phi) is 2.63. The standard InChI is InChI=1S/C8H10N2O2/c1-7-5-9-10(6-7)4-2-3-8(11)12/h2-3,5-6H,4H2,1H3,(H,11,12)/b3-2+. The fourth-order valence-corrected chi connectivity index (χ4v) is 0.828. The first-order chi connectivity index (χ1) is 5.68. The van der Waals surface area contributed by atoms with Gasteiger partial charge in [0.15, 0.2) is 0 Å². The van der Waals surface area contributed by atoms with Gasteiger partial charge in [0.1, 0.15) is 0 Å². The number of aliphatic carboxylic acids is 1. The number of carboxylic acid groups (broad SMARTS) is 1. The average Bonchev–Trinajstić information content (AvgIpc) is 2.35. The van der Waals surface area contributed by atoms with Crippen LogP contribution < -0.4 is 0 Å². The van der Waals surface area contributed by atoms with Crippen molar-refractivity contribution in [3.8, 4) is 0 Å². The van der Waals surface area contributed by atoms with E-state index in [1.54, 1.807) is 17.0 Å². The van der Waals surface area contributed by atoms with Gasteiger partial charge >= 0.3 is 5.97 Å². The molecule has 1 aromatic rings. The van der Waals surface area contributed by atoms with E-state index in [2.05, 4.69) is 5.10 Å². The number of allylic oxidation sites excluding steroid dienone is 1. The molecule has 64 valence electrons. The molecule has 0 radical (unpaired) electrons. The highest BCUT2D eigenvalue weighted by molar-refractivity contribution is 5.79. The first kappa shape index (κ1) is 8.52. The molecule has 0 unspecified atom stereocenters. The van der Waals surface area contributed by atoms with Crippen LogP contribution in [0.5, 0.6) is 0 Å². The highest BCUT2D eigenvalue weighted by Gasteiger charge is 1.90. The Hall–Kier alpha value is -1.58. The smallest absolute Gasteiger partial charge is 0.328 e. The van der Waals surface area contributed by atoms with Crippen LogP contribution in [-0.4, -0.2) is 20.9 Å². The molecule has 4 nitrogen and oxygen atoms in total. The van der Waals surface area contributed by atoms with E-state index in [1.165, 1.54) is 0 Å². The molecule has 4 heteroatoms. The van der Waals surface area contributed by atoms with Crippen molar-refractivity contribution in [2.24, 2.45) is 0 Å². The third kappa shape index (κ3) is 2.57. The van der Waals surface area contributed by atoms with Gasteiger partial charge in [0.05, 0.1) is 12.7 Å². The summed E-state index contributed by atoms with van der Waals surface area (Å²) < 4.78 is 1.68. The lowest BCUT2D eigenvalue weighted by molar-refractivity contribution is -0.131. The van der Waals surface area contributed by atoms with Gasteiger partial charge in [0, 0.05) is 12.3 Å². The van der Waals surface area contributed by atoms with Gasteiger partial charge in [0.2, 0.25) is 0 Å². The van der Waals surface area contributed by atoms with Crippen LogP contribution in [0.4, 0.5) is 0 Å². The van der Waals surface area contributed by atoms with Crippen molar-refractivity contribution in [2.75, 3.05) is 0 Å². The molecule has 0 aliphatic rings. The zero-order valence-corrected chi connectivity index (χ0v) is 6.77. The van der Waals surface area contributed by atoms with Gasteiger partial charge < -0.3 is 5.11 Å². The summed E-state index contributed by atoms with van der Waals surface area (Å²) >= 11 is 0.